The average molecular weight is 318 g/mol. The number of fused-ring (bicyclic) bond motifs is 5. The van der Waals surface area contributed by atoms with Gasteiger partial charge < -0.3 is 4.74 Å². The first kappa shape index (κ1) is 15.7. The Morgan fingerprint density at radius 3 is 2.57 bits per heavy atom. The average Bonchev–Trinajstić information content (AvgIpc) is 2.85. The van der Waals surface area contributed by atoms with E-state index >= 15 is 0 Å². The zero-order chi connectivity index (χ0) is 16.2. The topological polar surface area (TPSA) is 43.4 Å². The molecule has 0 amide bonds. The summed E-state index contributed by atoms with van der Waals surface area (Å²) in [4.78, 5) is 22.8. The smallest absolute Gasteiger partial charge is 0.293 e. The van der Waals surface area contributed by atoms with Crippen LogP contribution in [0, 0.1) is 34.5 Å². The number of ether oxygens (including phenoxy) is 1. The number of carbonyl (C=O) groups is 2. The standard InChI is InChI=1S/C20H30O3/c1-19-9-7-14(22)11-13(19)3-4-15-16-5-6-18(23-12-21)20(16,2)10-8-17(15)19/h12-13,15-18H,3-11H2,1-2H3/t13-,15-,16+,17-,18+,19-,20-/m0/s1. The van der Waals surface area contributed by atoms with Crippen molar-refractivity contribution in [3.8, 4) is 0 Å². The van der Waals surface area contributed by atoms with E-state index in [4.69, 9.17) is 4.74 Å². The van der Waals surface area contributed by atoms with Crippen molar-refractivity contribution in [3.63, 3.8) is 0 Å². The Morgan fingerprint density at radius 2 is 1.78 bits per heavy atom. The van der Waals surface area contributed by atoms with Crippen LogP contribution in [0.2, 0.25) is 0 Å². The molecule has 0 unspecified atom stereocenters. The second-order valence-corrected chi connectivity index (χ2v) is 9.24. The van der Waals surface area contributed by atoms with Crippen molar-refractivity contribution >= 4 is 12.3 Å². The minimum Gasteiger partial charge on any atom is -0.464 e. The molecule has 0 heterocycles. The van der Waals surface area contributed by atoms with Crippen LogP contribution in [0.1, 0.15) is 71.6 Å². The van der Waals surface area contributed by atoms with Gasteiger partial charge in [-0.1, -0.05) is 13.8 Å². The SMILES string of the molecule is C[C@]12CC[C@H]3[C@@H](CC[C@H]4CC(=O)CC[C@@]43C)[C@H]1CC[C@H]2OC=O. The summed E-state index contributed by atoms with van der Waals surface area (Å²) >= 11 is 0. The highest BCUT2D eigenvalue weighted by Gasteiger charge is 2.60. The summed E-state index contributed by atoms with van der Waals surface area (Å²) in [7, 11) is 0. The van der Waals surface area contributed by atoms with Crippen molar-refractivity contribution in [1.29, 1.82) is 0 Å². The van der Waals surface area contributed by atoms with E-state index in [1.54, 1.807) is 0 Å². The molecule has 3 heteroatoms. The minimum absolute atomic E-state index is 0.129. The summed E-state index contributed by atoms with van der Waals surface area (Å²) in [5.74, 6) is 3.39. The van der Waals surface area contributed by atoms with E-state index in [1.165, 1.54) is 32.1 Å². The highest BCUT2D eigenvalue weighted by molar-refractivity contribution is 5.79. The van der Waals surface area contributed by atoms with Gasteiger partial charge in [-0.3, -0.25) is 9.59 Å². The molecule has 4 saturated carbocycles. The Bertz CT molecular complexity index is 515. The van der Waals surface area contributed by atoms with Crippen molar-refractivity contribution in [3.05, 3.63) is 0 Å². The normalized spacial score (nSPS) is 52.3. The van der Waals surface area contributed by atoms with E-state index in [9.17, 15) is 9.59 Å². The van der Waals surface area contributed by atoms with E-state index in [-0.39, 0.29) is 11.5 Å². The molecule has 0 bridgehead atoms. The van der Waals surface area contributed by atoms with Crippen molar-refractivity contribution < 1.29 is 14.3 Å². The van der Waals surface area contributed by atoms with Gasteiger partial charge in [0.15, 0.2) is 0 Å². The van der Waals surface area contributed by atoms with E-state index in [0.717, 1.165) is 37.5 Å². The Labute approximate surface area is 139 Å². The molecular formula is C20H30O3. The van der Waals surface area contributed by atoms with Crippen LogP contribution in [0.25, 0.3) is 0 Å². The zero-order valence-electron chi connectivity index (χ0n) is 14.6. The van der Waals surface area contributed by atoms with Gasteiger partial charge in [0.05, 0.1) is 0 Å². The van der Waals surface area contributed by atoms with Gasteiger partial charge in [-0.05, 0) is 74.0 Å². The number of hydrogen-bond acceptors (Lipinski definition) is 3. The number of rotatable bonds is 2. The summed E-state index contributed by atoms with van der Waals surface area (Å²) in [5, 5.41) is 0. The predicted molar refractivity (Wildman–Crippen MR) is 87.7 cm³/mol. The van der Waals surface area contributed by atoms with Gasteiger partial charge in [-0.15, -0.1) is 0 Å². The van der Waals surface area contributed by atoms with Gasteiger partial charge >= 0.3 is 0 Å². The number of Topliss-reactive ketones (excluding diaryl/α,β-unsaturated/α-hetero) is 1. The molecule has 0 radical (unpaired) electrons. The molecule has 0 aliphatic heterocycles. The Morgan fingerprint density at radius 1 is 1.00 bits per heavy atom. The third-order valence-electron chi connectivity index (χ3n) is 8.61. The van der Waals surface area contributed by atoms with Gasteiger partial charge in [0.2, 0.25) is 0 Å². The molecule has 4 aliphatic carbocycles. The maximum absolute atomic E-state index is 11.9. The van der Waals surface area contributed by atoms with Crippen molar-refractivity contribution in [1.82, 2.24) is 0 Å². The van der Waals surface area contributed by atoms with E-state index < -0.39 is 0 Å². The van der Waals surface area contributed by atoms with Crippen LogP contribution in [0.15, 0.2) is 0 Å². The van der Waals surface area contributed by atoms with Gasteiger partial charge in [-0.2, -0.15) is 0 Å². The molecule has 4 rings (SSSR count). The molecular weight excluding hydrogens is 288 g/mol. The third-order valence-corrected chi connectivity index (χ3v) is 8.61. The van der Waals surface area contributed by atoms with Crippen molar-refractivity contribution in [2.75, 3.05) is 0 Å². The molecule has 0 aromatic carbocycles. The molecule has 0 aromatic rings. The molecule has 7 atom stereocenters. The Balaban J connectivity index is 1.60. The maximum Gasteiger partial charge on any atom is 0.293 e. The summed E-state index contributed by atoms with van der Waals surface area (Å²) in [6.07, 6.45) is 10.1. The fourth-order valence-electron chi connectivity index (χ4n) is 7.29. The largest absolute Gasteiger partial charge is 0.464 e. The monoisotopic (exact) mass is 318 g/mol. The molecule has 0 spiro atoms. The van der Waals surface area contributed by atoms with Crippen LogP contribution in [0.5, 0.6) is 0 Å². The first-order valence-corrected chi connectivity index (χ1v) is 9.60. The first-order chi connectivity index (χ1) is 11.0. The van der Waals surface area contributed by atoms with Gasteiger partial charge in [0, 0.05) is 18.3 Å². The van der Waals surface area contributed by atoms with Crippen LogP contribution in [0.4, 0.5) is 0 Å². The molecule has 0 N–H and O–H groups in total. The molecule has 0 saturated heterocycles. The minimum atomic E-state index is 0.129. The lowest BCUT2D eigenvalue weighted by Crippen LogP contribution is -2.54. The highest BCUT2D eigenvalue weighted by Crippen LogP contribution is 2.66. The van der Waals surface area contributed by atoms with Crippen LogP contribution in [-0.4, -0.2) is 18.4 Å². The molecule has 0 aromatic heterocycles. The summed E-state index contributed by atoms with van der Waals surface area (Å²) in [6, 6.07) is 0. The van der Waals surface area contributed by atoms with Crippen LogP contribution in [-0.2, 0) is 14.3 Å². The zero-order valence-corrected chi connectivity index (χ0v) is 14.6. The fraction of sp³-hybridized carbons (Fsp3) is 0.900. The van der Waals surface area contributed by atoms with Crippen LogP contribution in [0.3, 0.4) is 0 Å². The molecule has 4 aliphatic rings. The summed E-state index contributed by atoms with van der Waals surface area (Å²) in [5.41, 5.74) is 0.567. The van der Waals surface area contributed by atoms with Crippen molar-refractivity contribution in [2.45, 2.75) is 77.7 Å². The quantitative estimate of drug-likeness (QED) is 0.719. The number of carbonyl (C=O) groups excluding carboxylic acids is 2. The van der Waals surface area contributed by atoms with Crippen LogP contribution >= 0.6 is 0 Å². The highest BCUT2D eigenvalue weighted by atomic mass is 16.5. The maximum atomic E-state index is 11.9. The first-order valence-electron chi connectivity index (χ1n) is 9.60. The second kappa shape index (κ2) is 5.32. The van der Waals surface area contributed by atoms with Crippen LogP contribution < -0.4 is 0 Å². The van der Waals surface area contributed by atoms with Gasteiger partial charge in [-0.25, -0.2) is 0 Å². The lowest BCUT2D eigenvalue weighted by molar-refractivity contribution is -0.153. The van der Waals surface area contributed by atoms with Gasteiger partial charge in [0.1, 0.15) is 11.9 Å². The number of hydrogen-bond donors (Lipinski definition) is 0. The fourth-order valence-corrected chi connectivity index (χ4v) is 7.29. The Kier molecular flexibility index (Phi) is 3.62. The lowest BCUT2D eigenvalue weighted by Gasteiger charge is -2.60. The number of ketones is 1. The predicted octanol–water partition coefficient (Wildman–Crippen LogP) is 4.14. The second-order valence-electron chi connectivity index (χ2n) is 9.24. The van der Waals surface area contributed by atoms with Crippen molar-refractivity contribution in [2.24, 2.45) is 34.5 Å². The van der Waals surface area contributed by atoms with E-state index in [1.807, 2.05) is 0 Å². The Hall–Kier alpha value is -0.860. The van der Waals surface area contributed by atoms with Gasteiger partial charge in [0.25, 0.3) is 6.47 Å². The molecule has 23 heavy (non-hydrogen) atoms. The van der Waals surface area contributed by atoms with E-state index in [2.05, 4.69) is 13.8 Å². The summed E-state index contributed by atoms with van der Waals surface area (Å²) in [6.45, 7) is 5.52. The lowest BCUT2D eigenvalue weighted by atomic mass is 9.45. The molecule has 128 valence electrons. The molecule has 3 nitrogen and oxygen atoms in total. The third kappa shape index (κ3) is 2.14. The molecule has 4 fully saturated rings. The summed E-state index contributed by atoms with van der Waals surface area (Å²) < 4.78 is 5.48. The van der Waals surface area contributed by atoms with E-state index in [0.29, 0.717) is 29.5 Å².